The van der Waals surface area contributed by atoms with Crippen LogP contribution in [0.1, 0.15) is 24.0 Å². The van der Waals surface area contributed by atoms with Gasteiger partial charge in [0.1, 0.15) is 11.5 Å². The van der Waals surface area contributed by atoms with Crippen LogP contribution in [0.2, 0.25) is 5.02 Å². The molecule has 0 radical (unpaired) electrons. The van der Waals surface area contributed by atoms with E-state index in [0.717, 1.165) is 22.9 Å². The number of hydrogen-bond donors (Lipinski definition) is 0. The Kier molecular flexibility index (Phi) is 4.81. The molecule has 4 rings (SSSR count). The molecule has 0 amide bonds. The van der Waals surface area contributed by atoms with E-state index in [9.17, 15) is 0 Å². The van der Waals surface area contributed by atoms with Crippen LogP contribution in [0.4, 0.5) is 0 Å². The summed E-state index contributed by atoms with van der Waals surface area (Å²) >= 11 is 6.01. The fourth-order valence-electron chi connectivity index (χ4n) is 3.25. The highest BCUT2D eigenvalue weighted by Gasteiger charge is 2.41. The minimum Gasteiger partial charge on any atom is -0.457 e. The van der Waals surface area contributed by atoms with Gasteiger partial charge < -0.3 is 4.74 Å². The minimum atomic E-state index is 0.211. The summed E-state index contributed by atoms with van der Waals surface area (Å²) in [4.78, 5) is 0. The molecule has 0 aromatic heterocycles. The molecule has 130 valence electrons. The highest BCUT2D eigenvalue weighted by atomic mass is 35.5. The third-order valence-electron chi connectivity index (χ3n) is 4.88. The van der Waals surface area contributed by atoms with Crippen LogP contribution in [-0.2, 0) is 11.8 Å². The van der Waals surface area contributed by atoms with Crippen molar-refractivity contribution < 1.29 is 4.74 Å². The smallest absolute Gasteiger partial charge is 0.127 e. The summed E-state index contributed by atoms with van der Waals surface area (Å²) in [7, 11) is 0. The summed E-state index contributed by atoms with van der Waals surface area (Å²) in [5.74, 6) is 1.74. The first-order valence-electron chi connectivity index (χ1n) is 8.99. The number of benzene rings is 3. The standard InChI is InChI=1S/C24H21ClO/c25-21-13-11-20(12-14-21)24(16-17-24)15-5-7-19-6-4-10-23(18-19)26-22-8-2-1-3-9-22/h1-6,8-15,18H,7,16-17H2. The van der Waals surface area contributed by atoms with Gasteiger partial charge in [0.05, 0.1) is 0 Å². The molecule has 0 spiro atoms. The molecule has 1 aliphatic rings. The SMILES string of the molecule is Clc1ccc(C2(C=CCc3cccc(Oc4ccccc4)c3)CC2)cc1. The lowest BCUT2D eigenvalue weighted by atomic mass is 9.95. The van der Waals surface area contributed by atoms with E-state index >= 15 is 0 Å². The second kappa shape index (κ2) is 7.39. The Labute approximate surface area is 159 Å². The van der Waals surface area contributed by atoms with Crippen LogP contribution in [0, 0.1) is 0 Å². The number of ether oxygens (including phenoxy) is 1. The number of rotatable bonds is 6. The van der Waals surface area contributed by atoms with Crippen LogP contribution < -0.4 is 4.74 Å². The first kappa shape index (κ1) is 16.9. The van der Waals surface area contributed by atoms with Crippen molar-refractivity contribution in [1.82, 2.24) is 0 Å². The number of halogens is 1. The monoisotopic (exact) mass is 360 g/mol. The van der Waals surface area contributed by atoms with Gasteiger partial charge in [-0.2, -0.15) is 0 Å². The second-order valence-corrected chi connectivity index (χ2v) is 7.27. The molecule has 0 heterocycles. The lowest BCUT2D eigenvalue weighted by Crippen LogP contribution is -2.01. The van der Waals surface area contributed by atoms with Gasteiger partial charge in [0.2, 0.25) is 0 Å². The fourth-order valence-corrected chi connectivity index (χ4v) is 3.38. The Morgan fingerprint density at radius 1 is 0.846 bits per heavy atom. The maximum absolute atomic E-state index is 6.01. The molecule has 0 saturated heterocycles. The van der Waals surface area contributed by atoms with E-state index in [2.05, 4.69) is 36.4 Å². The normalized spacial score (nSPS) is 15.1. The average Bonchev–Trinajstić information content (AvgIpc) is 3.44. The Hall–Kier alpha value is -2.51. The molecule has 0 aliphatic heterocycles. The predicted octanol–water partition coefficient (Wildman–Crippen LogP) is 6.96. The van der Waals surface area contributed by atoms with Gasteiger partial charge in [-0.3, -0.25) is 0 Å². The lowest BCUT2D eigenvalue weighted by Gasteiger charge is -2.11. The largest absolute Gasteiger partial charge is 0.457 e. The van der Waals surface area contributed by atoms with Gasteiger partial charge in [-0.15, -0.1) is 0 Å². The van der Waals surface area contributed by atoms with Crippen molar-refractivity contribution in [2.75, 3.05) is 0 Å². The summed E-state index contributed by atoms with van der Waals surface area (Å²) in [5, 5.41) is 0.795. The van der Waals surface area contributed by atoms with E-state index < -0.39 is 0 Å². The third-order valence-corrected chi connectivity index (χ3v) is 5.13. The van der Waals surface area contributed by atoms with E-state index in [1.807, 2.05) is 54.6 Å². The summed E-state index contributed by atoms with van der Waals surface area (Å²) < 4.78 is 5.92. The first-order valence-corrected chi connectivity index (χ1v) is 9.37. The van der Waals surface area contributed by atoms with Crippen molar-refractivity contribution in [3.8, 4) is 11.5 Å². The van der Waals surface area contributed by atoms with E-state index in [1.165, 1.54) is 24.0 Å². The maximum atomic E-state index is 6.01. The van der Waals surface area contributed by atoms with Crippen molar-refractivity contribution in [3.63, 3.8) is 0 Å². The summed E-state index contributed by atoms with van der Waals surface area (Å²) in [6.07, 6.45) is 7.97. The van der Waals surface area contributed by atoms with Crippen molar-refractivity contribution in [2.45, 2.75) is 24.7 Å². The molecule has 1 saturated carbocycles. The highest BCUT2D eigenvalue weighted by Crippen LogP contribution is 2.49. The van der Waals surface area contributed by atoms with Crippen LogP contribution >= 0.6 is 11.6 Å². The zero-order chi connectivity index (χ0) is 17.8. The number of para-hydroxylation sites is 1. The second-order valence-electron chi connectivity index (χ2n) is 6.83. The third kappa shape index (κ3) is 4.00. The molecule has 0 bridgehead atoms. The number of allylic oxidation sites excluding steroid dienone is 2. The Balaban J connectivity index is 1.42. The molecule has 1 fully saturated rings. The minimum absolute atomic E-state index is 0.211. The topological polar surface area (TPSA) is 9.23 Å². The molecule has 3 aromatic carbocycles. The van der Waals surface area contributed by atoms with Gasteiger partial charge in [-0.25, -0.2) is 0 Å². The maximum Gasteiger partial charge on any atom is 0.127 e. The molecular weight excluding hydrogens is 340 g/mol. The highest BCUT2D eigenvalue weighted by molar-refractivity contribution is 6.30. The summed E-state index contributed by atoms with van der Waals surface area (Å²) in [6.45, 7) is 0. The molecule has 0 N–H and O–H groups in total. The lowest BCUT2D eigenvalue weighted by molar-refractivity contribution is 0.482. The Bertz CT molecular complexity index is 893. The fraction of sp³-hybridized carbons (Fsp3) is 0.167. The Morgan fingerprint density at radius 3 is 2.31 bits per heavy atom. The zero-order valence-electron chi connectivity index (χ0n) is 14.6. The molecule has 3 aromatic rings. The van der Waals surface area contributed by atoms with Crippen molar-refractivity contribution in [3.05, 3.63) is 107 Å². The molecule has 2 heteroatoms. The van der Waals surface area contributed by atoms with Crippen molar-refractivity contribution >= 4 is 11.6 Å². The quantitative estimate of drug-likeness (QED) is 0.431. The predicted molar refractivity (Wildman–Crippen MR) is 108 cm³/mol. The molecule has 1 aliphatic carbocycles. The first-order chi connectivity index (χ1) is 12.7. The van der Waals surface area contributed by atoms with Gasteiger partial charge in [0.15, 0.2) is 0 Å². The molecule has 0 unspecified atom stereocenters. The van der Waals surface area contributed by atoms with Crippen molar-refractivity contribution in [2.24, 2.45) is 0 Å². The summed E-state index contributed by atoms with van der Waals surface area (Å²) in [6, 6.07) is 26.4. The molecule has 1 nitrogen and oxygen atoms in total. The van der Waals surface area contributed by atoms with E-state index in [-0.39, 0.29) is 5.41 Å². The molecule has 0 atom stereocenters. The van der Waals surface area contributed by atoms with Gasteiger partial charge in [0, 0.05) is 10.4 Å². The average molecular weight is 361 g/mol. The van der Waals surface area contributed by atoms with E-state index in [0.29, 0.717) is 0 Å². The van der Waals surface area contributed by atoms with Crippen LogP contribution in [0.5, 0.6) is 11.5 Å². The van der Waals surface area contributed by atoms with Gasteiger partial charge in [-0.1, -0.05) is 66.2 Å². The van der Waals surface area contributed by atoms with E-state index in [4.69, 9.17) is 16.3 Å². The van der Waals surface area contributed by atoms with Gasteiger partial charge >= 0.3 is 0 Å². The van der Waals surface area contributed by atoms with E-state index in [1.54, 1.807) is 0 Å². The van der Waals surface area contributed by atoms with Gasteiger partial charge in [0.25, 0.3) is 0 Å². The van der Waals surface area contributed by atoms with Crippen LogP contribution in [0.25, 0.3) is 0 Å². The Morgan fingerprint density at radius 2 is 1.58 bits per heavy atom. The molecule has 26 heavy (non-hydrogen) atoms. The van der Waals surface area contributed by atoms with Crippen LogP contribution in [0.15, 0.2) is 91.0 Å². The van der Waals surface area contributed by atoms with Crippen LogP contribution in [0.3, 0.4) is 0 Å². The molecular formula is C24H21ClO. The van der Waals surface area contributed by atoms with Crippen molar-refractivity contribution in [1.29, 1.82) is 0 Å². The van der Waals surface area contributed by atoms with Crippen LogP contribution in [-0.4, -0.2) is 0 Å². The number of hydrogen-bond acceptors (Lipinski definition) is 1. The summed E-state index contributed by atoms with van der Waals surface area (Å²) in [5.41, 5.74) is 2.82. The van der Waals surface area contributed by atoms with Gasteiger partial charge in [-0.05, 0) is 66.8 Å². The zero-order valence-corrected chi connectivity index (χ0v) is 15.3.